The fraction of sp³-hybridized carbons (Fsp3) is 1.00. The van der Waals surface area contributed by atoms with E-state index in [9.17, 15) is 0 Å². The summed E-state index contributed by atoms with van der Waals surface area (Å²) >= 11 is 0. The Bertz CT molecular complexity index is 221. The van der Waals surface area contributed by atoms with Gasteiger partial charge in [0, 0.05) is 45.9 Å². The Balaban J connectivity index is 1.67. The second-order valence-corrected chi connectivity index (χ2v) is 5.54. The van der Waals surface area contributed by atoms with Crippen molar-refractivity contribution in [3.8, 4) is 0 Å². The standard InChI is InChI=1S/C14H29N3O/c1-3-15-8-10-17(11-9-15)14-4-6-16(7-5-14)12-13-18-2/h14H,3-13H2,1-2H3. The van der Waals surface area contributed by atoms with Gasteiger partial charge in [-0.25, -0.2) is 0 Å². The average Bonchev–Trinajstić information content (AvgIpc) is 2.46. The van der Waals surface area contributed by atoms with Crippen molar-refractivity contribution in [3.05, 3.63) is 0 Å². The monoisotopic (exact) mass is 255 g/mol. The molecule has 0 N–H and O–H groups in total. The van der Waals surface area contributed by atoms with Crippen LogP contribution in [-0.2, 0) is 4.74 Å². The van der Waals surface area contributed by atoms with Crippen LogP contribution in [0.4, 0.5) is 0 Å². The third-order valence-corrected chi connectivity index (χ3v) is 4.54. The number of methoxy groups -OCH3 is 1. The van der Waals surface area contributed by atoms with E-state index in [1.54, 1.807) is 7.11 Å². The molecule has 0 aromatic carbocycles. The number of piperidine rings is 1. The van der Waals surface area contributed by atoms with Crippen LogP contribution >= 0.6 is 0 Å². The second kappa shape index (κ2) is 7.43. The maximum absolute atomic E-state index is 5.15. The van der Waals surface area contributed by atoms with Gasteiger partial charge in [-0.2, -0.15) is 0 Å². The highest BCUT2D eigenvalue weighted by Crippen LogP contribution is 2.18. The SMILES string of the molecule is CCN1CCN(C2CCN(CCOC)CC2)CC1. The first-order valence-electron chi connectivity index (χ1n) is 7.51. The van der Waals surface area contributed by atoms with Crippen LogP contribution in [-0.4, -0.2) is 86.8 Å². The summed E-state index contributed by atoms with van der Waals surface area (Å²) < 4.78 is 5.15. The van der Waals surface area contributed by atoms with Gasteiger partial charge in [-0.05, 0) is 32.5 Å². The molecular weight excluding hydrogens is 226 g/mol. The van der Waals surface area contributed by atoms with Crippen LogP contribution < -0.4 is 0 Å². The highest BCUT2D eigenvalue weighted by atomic mass is 16.5. The predicted molar refractivity (Wildman–Crippen MR) is 75.0 cm³/mol. The molecule has 4 nitrogen and oxygen atoms in total. The lowest BCUT2D eigenvalue weighted by Crippen LogP contribution is -2.53. The zero-order chi connectivity index (χ0) is 12.8. The second-order valence-electron chi connectivity index (χ2n) is 5.54. The van der Waals surface area contributed by atoms with Gasteiger partial charge in [-0.3, -0.25) is 4.90 Å². The Kier molecular flexibility index (Phi) is 5.89. The summed E-state index contributed by atoms with van der Waals surface area (Å²) in [5.41, 5.74) is 0. The van der Waals surface area contributed by atoms with E-state index in [2.05, 4.69) is 21.6 Å². The molecule has 0 atom stereocenters. The van der Waals surface area contributed by atoms with Crippen molar-refractivity contribution in [3.63, 3.8) is 0 Å². The van der Waals surface area contributed by atoms with Crippen LogP contribution in [0.25, 0.3) is 0 Å². The van der Waals surface area contributed by atoms with Crippen LogP contribution in [0.2, 0.25) is 0 Å². The van der Waals surface area contributed by atoms with E-state index in [1.165, 1.54) is 58.7 Å². The summed E-state index contributed by atoms with van der Waals surface area (Å²) in [5, 5.41) is 0. The average molecular weight is 255 g/mol. The molecule has 0 amide bonds. The summed E-state index contributed by atoms with van der Waals surface area (Å²) in [6.45, 7) is 13.0. The van der Waals surface area contributed by atoms with E-state index in [0.717, 1.165) is 19.2 Å². The van der Waals surface area contributed by atoms with Crippen LogP contribution in [0.15, 0.2) is 0 Å². The molecule has 2 aliphatic heterocycles. The van der Waals surface area contributed by atoms with Crippen molar-refractivity contribution in [2.24, 2.45) is 0 Å². The lowest BCUT2D eigenvalue weighted by molar-refractivity contribution is 0.0534. The summed E-state index contributed by atoms with van der Waals surface area (Å²) in [6.07, 6.45) is 2.69. The minimum Gasteiger partial charge on any atom is -0.383 e. The van der Waals surface area contributed by atoms with E-state index >= 15 is 0 Å². The highest BCUT2D eigenvalue weighted by Gasteiger charge is 2.26. The normalized spacial score (nSPS) is 25.7. The Morgan fingerprint density at radius 1 is 0.944 bits per heavy atom. The Hall–Kier alpha value is -0.160. The van der Waals surface area contributed by atoms with E-state index < -0.39 is 0 Å². The molecule has 0 saturated carbocycles. The molecular formula is C14H29N3O. The maximum atomic E-state index is 5.15. The molecule has 0 unspecified atom stereocenters. The number of likely N-dealkylation sites (N-methyl/N-ethyl adjacent to an activating group) is 1. The Morgan fingerprint density at radius 2 is 1.61 bits per heavy atom. The zero-order valence-corrected chi connectivity index (χ0v) is 12.1. The third-order valence-electron chi connectivity index (χ3n) is 4.54. The lowest BCUT2D eigenvalue weighted by atomic mass is 10.0. The van der Waals surface area contributed by atoms with Gasteiger partial charge in [-0.1, -0.05) is 6.92 Å². The van der Waals surface area contributed by atoms with Gasteiger partial charge in [-0.15, -0.1) is 0 Å². The van der Waals surface area contributed by atoms with Crippen LogP contribution in [0.5, 0.6) is 0 Å². The largest absolute Gasteiger partial charge is 0.383 e. The Morgan fingerprint density at radius 3 is 2.17 bits per heavy atom. The summed E-state index contributed by atoms with van der Waals surface area (Å²) in [4.78, 5) is 7.83. The first kappa shape index (κ1) is 14.3. The van der Waals surface area contributed by atoms with Crippen molar-refractivity contribution in [1.29, 1.82) is 0 Å². The summed E-state index contributed by atoms with van der Waals surface area (Å²) in [5.74, 6) is 0. The van der Waals surface area contributed by atoms with Crippen molar-refractivity contribution in [2.75, 3.05) is 66.1 Å². The Labute approximate surface area is 112 Å². The molecule has 106 valence electrons. The summed E-state index contributed by atoms with van der Waals surface area (Å²) in [6, 6.07) is 0.836. The van der Waals surface area contributed by atoms with E-state index in [-0.39, 0.29) is 0 Å². The molecule has 2 heterocycles. The van der Waals surface area contributed by atoms with Crippen molar-refractivity contribution in [2.45, 2.75) is 25.8 Å². The van der Waals surface area contributed by atoms with E-state index in [4.69, 9.17) is 4.74 Å². The first-order valence-corrected chi connectivity index (χ1v) is 7.51. The molecule has 0 spiro atoms. The number of piperazine rings is 1. The van der Waals surface area contributed by atoms with Gasteiger partial charge in [0.15, 0.2) is 0 Å². The summed E-state index contributed by atoms with van der Waals surface area (Å²) in [7, 11) is 1.79. The molecule has 2 rings (SSSR count). The van der Waals surface area contributed by atoms with Crippen LogP contribution in [0, 0.1) is 0 Å². The minimum absolute atomic E-state index is 0.836. The minimum atomic E-state index is 0.836. The van der Waals surface area contributed by atoms with Crippen molar-refractivity contribution >= 4 is 0 Å². The number of hydrogen-bond donors (Lipinski definition) is 0. The molecule has 2 aliphatic rings. The van der Waals surface area contributed by atoms with E-state index in [1.807, 2.05) is 0 Å². The molecule has 0 bridgehead atoms. The maximum Gasteiger partial charge on any atom is 0.0589 e. The van der Waals surface area contributed by atoms with Gasteiger partial charge in [0.05, 0.1) is 6.61 Å². The van der Waals surface area contributed by atoms with E-state index in [0.29, 0.717) is 0 Å². The van der Waals surface area contributed by atoms with Crippen LogP contribution in [0.3, 0.4) is 0 Å². The number of hydrogen-bond acceptors (Lipinski definition) is 4. The van der Waals surface area contributed by atoms with Crippen molar-refractivity contribution < 1.29 is 4.74 Å². The number of ether oxygens (including phenoxy) is 1. The molecule has 2 fully saturated rings. The third kappa shape index (κ3) is 3.92. The molecule has 0 aromatic rings. The lowest BCUT2D eigenvalue weighted by Gasteiger charge is -2.42. The van der Waals surface area contributed by atoms with Gasteiger partial charge >= 0.3 is 0 Å². The van der Waals surface area contributed by atoms with Gasteiger partial charge in [0.25, 0.3) is 0 Å². The quantitative estimate of drug-likeness (QED) is 0.721. The molecule has 2 saturated heterocycles. The first-order chi connectivity index (χ1) is 8.83. The number of nitrogens with zero attached hydrogens (tertiary/aromatic N) is 3. The fourth-order valence-corrected chi connectivity index (χ4v) is 3.17. The fourth-order valence-electron chi connectivity index (χ4n) is 3.17. The molecule has 0 aromatic heterocycles. The number of likely N-dealkylation sites (tertiary alicyclic amines) is 1. The van der Waals surface area contributed by atoms with Gasteiger partial charge < -0.3 is 14.5 Å². The van der Waals surface area contributed by atoms with Crippen molar-refractivity contribution in [1.82, 2.24) is 14.7 Å². The highest BCUT2D eigenvalue weighted by molar-refractivity contribution is 4.83. The molecule has 4 heteroatoms. The number of rotatable bonds is 5. The van der Waals surface area contributed by atoms with Gasteiger partial charge in [0.1, 0.15) is 0 Å². The molecule has 0 aliphatic carbocycles. The predicted octanol–water partition coefficient (Wildman–Crippen LogP) is 0.735. The zero-order valence-electron chi connectivity index (χ0n) is 12.1. The van der Waals surface area contributed by atoms with Crippen LogP contribution in [0.1, 0.15) is 19.8 Å². The molecule has 0 radical (unpaired) electrons. The smallest absolute Gasteiger partial charge is 0.0589 e. The topological polar surface area (TPSA) is 19.0 Å². The van der Waals surface area contributed by atoms with Gasteiger partial charge in [0.2, 0.25) is 0 Å². The molecule has 18 heavy (non-hydrogen) atoms.